The molecule has 0 radical (unpaired) electrons. The summed E-state index contributed by atoms with van der Waals surface area (Å²) in [6.07, 6.45) is 3.58. The topological polar surface area (TPSA) is 43.6 Å². The molecule has 1 aliphatic rings. The van der Waals surface area contributed by atoms with Crippen molar-refractivity contribution in [3.05, 3.63) is 52.8 Å². The smallest absolute Gasteiger partial charge is 0.157 e. The molecule has 1 N–H and O–H groups in total. The van der Waals surface area contributed by atoms with Crippen LogP contribution < -0.4 is 14.8 Å². The van der Waals surface area contributed by atoms with Crippen molar-refractivity contribution in [1.29, 1.82) is 0 Å². The highest BCUT2D eigenvalue weighted by atomic mass is 16.5. The van der Waals surface area contributed by atoms with E-state index in [0.717, 1.165) is 58.4 Å². The van der Waals surface area contributed by atoms with Gasteiger partial charge in [0.2, 0.25) is 0 Å². The van der Waals surface area contributed by atoms with Crippen LogP contribution in [0.15, 0.2) is 34.7 Å². The summed E-state index contributed by atoms with van der Waals surface area (Å²) in [7, 11) is 1.68. The van der Waals surface area contributed by atoms with E-state index in [1.165, 1.54) is 24.0 Å². The lowest BCUT2D eigenvalue weighted by Crippen LogP contribution is -2.03. The Morgan fingerprint density at radius 3 is 2.38 bits per heavy atom. The third kappa shape index (κ3) is 6.21. The van der Waals surface area contributed by atoms with E-state index in [9.17, 15) is 0 Å². The van der Waals surface area contributed by atoms with E-state index in [1.54, 1.807) is 7.11 Å². The van der Waals surface area contributed by atoms with Gasteiger partial charge in [0.15, 0.2) is 5.58 Å². The number of furan rings is 1. The summed E-state index contributed by atoms with van der Waals surface area (Å²) < 4.78 is 17.8. The van der Waals surface area contributed by atoms with E-state index in [2.05, 4.69) is 37.4 Å². The molecule has 32 heavy (non-hydrogen) atoms. The molecule has 1 saturated carbocycles. The van der Waals surface area contributed by atoms with Gasteiger partial charge in [0.1, 0.15) is 23.9 Å². The second-order valence-electron chi connectivity index (χ2n) is 7.77. The standard InChI is InChI=1S/C24H29NO3.2C2H6/c1-5-18-8-9-19(26-4)12-23(18)27-14-21-16(3)28-24-20(21)10-15(2)11-22(24)25-13-17-6-7-17;2*1-2/h8-12,17,25H,5-7,13-14H2,1-4H3;2*1-2H3. The number of rotatable bonds is 8. The largest absolute Gasteiger partial charge is 0.497 e. The maximum Gasteiger partial charge on any atom is 0.157 e. The van der Waals surface area contributed by atoms with Gasteiger partial charge in [0.05, 0.1) is 12.8 Å². The van der Waals surface area contributed by atoms with Gasteiger partial charge < -0.3 is 19.2 Å². The van der Waals surface area contributed by atoms with Gasteiger partial charge in [-0.15, -0.1) is 0 Å². The van der Waals surface area contributed by atoms with Crippen LogP contribution >= 0.6 is 0 Å². The Bertz CT molecular complexity index is 986. The molecule has 0 saturated heterocycles. The minimum atomic E-state index is 0.477. The van der Waals surface area contributed by atoms with E-state index in [4.69, 9.17) is 13.9 Å². The van der Waals surface area contributed by atoms with Gasteiger partial charge in [-0.3, -0.25) is 0 Å². The second-order valence-corrected chi connectivity index (χ2v) is 7.77. The molecule has 1 heterocycles. The second kappa shape index (κ2) is 12.4. The molecular weight excluding hydrogens is 398 g/mol. The van der Waals surface area contributed by atoms with E-state index in [1.807, 2.05) is 46.8 Å². The Morgan fingerprint density at radius 1 is 1.03 bits per heavy atom. The molecule has 2 aromatic carbocycles. The molecule has 3 aromatic rings. The SMILES string of the molecule is CC.CC.CCc1ccc(OC)cc1OCc1c(C)oc2c(NCC3CC3)cc(C)cc12. The Morgan fingerprint density at radius 2 is 1.75 bits per heavy atom. The molecule has 0 amide bonds. The zero-order valence-corrected chi connectivity index (χ0v) is 21.2. The fourth-order valence-corrected chi connectivity index (χ4v) is 3.64. The van der Waals surface area contributed by atoms with E-state index in [0.29, 0.717) is 6.61 Å². The van der Waals surface area contributed by atoms with Gasteiger partial charge in [-0.2, -0.15) is 0 Å². The van der Waals surface area contributed by atoms with Crippen molar-refractivity contribution in [3.63, 3.8) is 0 Å². The third-order valence-corrected chi connectivity index (χ3v) is 5.54. The zero-order valence-electron chi connectivity index (χ0n) is 21.2. The van der Waals surface area contributed by atoms with Crippen LogP contribution in [0.4, 0.5) is 5.69 Å². The van der Waals surface area contributed by atoms with E-state index in [-0.39, 0.29) is 0 Å². The highest BCUT2D eigenvalue weighted by Gasteiger charge is 2.22. The highest BCUT2D eigenvalue weighted by Crippen LogP contribution is 2.36. The van der Waals surface area contributed by atoms with Crippen LogP contribution in [0.5, 0.6) is 11.5 Å². The minimum absolute atomic E-state index is 0.477. The van der Waals surface area contributed by atoms with Crippen LogP contribution in [-0.4, -0.2) is 13.7 Å². The first-order valence-electron chi connectivity index (χ1n) is 12.1. The predicted octanol–water partition coefficient (Wildman–Crippen LogP) is 8.07. The summed E-state index contributed by atoms with van der Waals surface area (Å²) >= 11 is 0. The Hall–Kier alpha value is -2.62. The Labute approximate surface area is 194 Å². The number of fused-ring (bicyclic) bond motifs is 1. The number of benzene rings is 2. The van der Waals surface area contributed by atoms with Crippen LogP contribution in [0.3, 0.4) is 0 Å². The summed E-state index contributed by atoms with van der Waals surface area (Å²) in [5.41, 5.74) is 5.53. The number of anilines is 1. The lowest BCUT2D eigenvalue weighted by molar-refractivity contribution is 0.299. The van der Waals surface area contributed by atoms with Gasteiger partial charge in [0.25, 0.3) is 0 Å². The van der Waals surface area contributed by atoms with Crippen LogP contribution in [-0.2, 0) is 13.0 Å². The molecule has 1 fully saturated rings. The number of ether oxygens (including phenoxy) is 2. The van der Waals surface area contributed by atoms with Gasteiger partial charge >= 0.3 is 0 Å². The van der Waals surface area contributed by atoms with Crippen LogP contribution in [0.1, 0.15) is 69.9 Å². The van der Waals surface area contributed by atoms with Crippen LogP contribution in [0.2, 0.25) is 0 Å². The average Bonchev–Trinajstić information content (AvgIpc) is 3.61. The monoisotopic (exact) mass is 439 g/mol. The Balaban J connectivity index is 0.000000860. The van der Waals surface area contributed by atoms with Crippen molar-refractivity contribution >= 4 is 16.7 Å². The van der Waals surface area contributed by atoms with Crippen LogP contribution in [0, 0.1) is 19.8 Å². The first-order chi connectivity index (χ1) is 15.6. The fraction of sp³-hybridized carbons (Fsp3) is 0.500. The molecule has 0 atom stereocenters. The van der Waals surface area contributed by atoms with Gasteiger partial charge in [-0.05, 0) is 68.4 Å². The van der Waals surface area contributed by atoms with Gasteiger partial charge in [0, 0.05) is 23.6 Å². The van der Waals surface area contributed by atoms with E-state index >= 15 is 0 Å². The summed E-state index contributed by atoms with van der Waals surface area (Å²) in [6, 6.07) is 10.4. The molecular formula is C28H41NO3. The van der Waals surface area contributed by atoms with Crippen molar-refractivity contribution in [3.8, 4) is 11.5 Å². The van der Waals surface area contributed by atoms with Crippen molar-refractivity contribution in [1.82, 2.24) is 0 Å². The molecule has 0 spiro atoms. The maximum atomic E-state index is 6.23. The van der Waals surface area contributed by atoms with Crippen molar-refractivity contribution in [2.45, 2.75) is 74.3 Å². The molecule has 1 aliphatic carbocycles. The minimum Gasteiger partial charge on any atom is -0.497 e. The first-order valence-corrected chi connectivity index (χ1v) is 12.1. The predicted molar refractivity (Wildman–Crippen MR) is 136 cm³/mol. The quantitative estimate of drug-likeness (QED) is 0.385. The lowest BCUT2D eigenvalue weighted by atomic mass is 10.1. The zero-order chi connectivity index (χ0) is 23.7. The normalized spacial score (nSPS) is 12.4. The van der Waals surface area contributed by atoms with Crippen molar-refractivity contribution in [2.24, 2.45) is 5.92 Å². The van der Waals surface area contributed by atoms with Gasteiger partial charge in [-0.1, -0.05) is 40.7 Å². The van der Waals surface area contributed by atoms with E-state index < -0.39 is 0 Å². The van der Waals surface area contributed by atoms with Crippen LogP contribution in [0.25, 0.3) is 11.0 Å². The lowest BCUT2D eigenvalue weighted by Gasteiger charge is -2.12. The average molecular weight is 440 g/mol. The molecule has 176 valence electrons. The fourth-order valence-electron chi connectivity index (χ4n) is 3.64. The summed E-state index contributed by atoms with van der Waals surface area (Å²) in [5, 5.41) is 4.72. The van der Waals surface area contributed by atoms with Gasteiger partial charge in [-0.25, -0.2) is 0 Å². The summed E-state index contributed by atoms with van der Waals surface area (Å²) in [6.45, 7) is 15.8. The molecule has 0 bridgehead atoms. The first kappa shape index (κ1) is 25.6. The number of nitrogens with one attached hydrogen (secondary N) is 1. The summed E-state index contributed by atoms with van der Waals surface area (Å²) in [5.74, 6) is 3.41. The molecule has 4 heteroatoms. The molecule has 4 nitrogen and oxygen atoms in total. The summed E-state index contributed by atoms with van der Waals surface area (Å²) in [4.78, 5) is 0. The number of hydrogen-bond donors (Lipinski definition) is 1. The Kier molecular flexibility index (Phi) is 9.96. The number of hydrogen-bond acceptors (Lipinski definition) is 4. The molecule has 0 unspecified atom stereocenters. The van der Waals surface area contributed by atoms with Crippen molar-refractivity contribution < 1.29 is 13.9 Å². The number of methoxy groups -OCH3 is 1. The molecule has 4 rings (SSSR count). The third-order valence-electron chi connectivity index (χ3n) is 5.54. The highest BCUT2D eigenvalue weighted by molar-refractivity contribution is 5.93. The number of aryl methyl sites for hydroxylation is 3. The molecule has 0 aliphatic heterocycles. The molecule has 1 aromatic heterocycles. The van der Waals surface area contributed by atoms with Crippen molar-refractivity contribution in [2.75, 3.05) is 19.0 Å². The maximum absolute atomic E-state index is 6.23.